The summed E-state index contributed by atoms with van der Waals surface area (Å²) in [7, 11) is -3.73. The van der Waals surface area contributed by atoms with Crippen LogP contribution in [0.1, 0.15) is 60.3 Å². The zero-order chi connectivity index (χ0) is 19.5. The van der Waals surface area contributed by atoms with Gasteiger partial charge in [-0.1, -0.05) is 27.7 Å². The fourth-order valence-electron chi connectivity index (χ4n) is 4.43. The first-order valence-corrected chi connectivity index (χ1v) is 10.9. The summed E-state index contributed by atoms with van der Waals surface area (Å²) in [6.45, 7) is 11.1. The smallest absolute Gasteiger partial charge is 0.250 e. The molecule has 0 bridgehead atoms. The third kappa shape index (κ3) is 3.54. The molecule has 0 radical (unpaired) electrons. The van der Waals surface area contributed by atoms with Crippen LogP contribution in [0.2, 0.25) is 0 Å². The van der Waals surface area contributed by atoms with Crippen LogP contribution >= 0.6 is 0 Å². The van der Waals surface area contributed by atoms with E-state index in [9.17, 15) is 17.2 Å². The molecular weight excluding hydrogens is 360 g/mol. The first kappa shape index (κ1) is 19.7. The zero-order valence-corrected chi connectivity index (χ0v) is 17.0. The summed E-state index contributed by atoms with van der Waals surface area (Å²) >= 11 is 0. The lowest BCUT2D eigenvalue weighted by molar-refractivity contribution is -0.0688. The number of nitrogens with one attached hydrogen (secondary N) is 1. The monoisotopic (exact) mass is 389 g/mol. The summed E-state index contributed by atoms with van der Waals surface area (Å²) < 4.78 is 53.7. The minimum Gasteiger partial charge on any atom is -0.332 e. The Hall–Kier alpha value is -1.02. The molecule has 2 aliphatic heterocycles. The highest BCUT2D eigenvalue weighted by atomic mass is 32.2. The fourth-order valence-corrected chi connectivity index (χ4v) is 6.17. The Kier molecular flexibility index (Phi) is 4.75. The maximum absolute atomic E-state index is 13.1. The van der Waals surface area contributed by atoms with E-state index in [0.717, 1.165) is 18.0 Å². The van der Waals surface area contributed by atoms with Crippen LogP contribution in [0.3, 0.4) is 0 Å². The Morgan fingerprint density at radius 3 is 2.42 bits per heavy atom. The Balaban J connectivity index is 1.82. The van der Waals surface area contributed by atoms with Crippen molar-refractivity contribution in [1.82, 2.24) is 9.62 Å². The molecule has 1 N–H and O–H groups in total. The van der Waals surface area contributed by atoms with Crippen molar-refractivity contribution in [3.05, 3.63) is 11.3 Å². The van der Waals surface area contributed by atoms with Crippen LogP contribution in [-0.2, 0) is 10.0 Å². The maximum Gasteiger partial charge on any atom is 0.250 e. The molecule has 1 saturated heterocycles. The molecule has 2 atom stereocenters. The van der Waals surface area contributed by atoms with Gasteiger partial charge in [0.05, 0.1) is 11.3 Å². The van der Waals surface area contributed by atoms with Crippen molar-refractivity contribution in [2.45, 2.75) is 83.6 Å². The molecule has 26 heavy (non-hydrogen) atoms. The minimum absolute atomic E-state index is 0.0666. The number of rotatable bonds is 4. The third-order valence-electron chi connectivity index (χ3n) is 5.50. The molecule has 1 saturated carbocycles. The standard InChI is InChI=1S/C18H29F2N3O2S/c1-6-15-21-11(2)16(17(3,4)5)14-7-12(10-23(14)15)22-26(24,25)13-8-18(19,20)9-13/h11-13,22H,6-10H2,1-5H3/t11-,12-/m0/s1. The molecule has 2 fully saturated rings. The Labute approximate surface area is 155 Å². The minimum atomic E-state index is -3.73. The van der Waals surface area contributed by atoms with E-state index in [0.29, 0.717) is 13.0 Å². The quantitative estimate of drug-likeness (QED) is 0.803. The number of aliphatic imine (C=N–C) groups is 1. The molecule has 148 valence electrons. The van der Waals surface area contributed by atoms with Gasteiger partial charge in [-0.15, -0.1) is 0 Å². The van der Waals surface area contributed by atoms with E-state index < -0.39 is 34.0 Å². The summed E-state index contributed by atoms with van der Waals surface area (Å²) in [5, 5.41) is -0.982. The molecule has 5 nitrogen and oxygen atoms in total. The predicted octanol–water partition coefficient (Wildman–Crippen LogP) is 3.29. The number of sulfonamides is 1. The van der Waals surface area contributed by atoms with Crippen LogP contribution < -0.4 is 4.72 Å². The van der Waals surface area contributed by atoms with Crippen molar-refractivity contribution in [2.75, 3.05) is 6.54 Å². The van der Waals surface area contributed by atoms with Gasteiger partial charge in [-0.25, -0.2) is 21.9 Å². The van der Waals surface area contributed by atoms with Crippen LogP contribution in [0.15, 0.2) is 16.3 Å². The zero-order valence-electron chi connectivity index (χ0n) is 16.1. The van der Waals surface area contributed by atoms with Gasteiger partial charge in [-0.3, -0.25) is 4.99 Å². The number of hydrogen-bond acceptors (Lipinski definition) is 4. The molecule has 0 aromatic carbocycles. The summed E-state index contributed by atoms with van der Waals surface area (Å²) in [4.78, 5) is 6.94. The number of nitrogens with zero attached hydrogens (tertiary/aromatic N) is 2. The highest BCUT2D eigenvalue weighted by molar-refractivity contribution is 7.90. The molecule has 8 heteroatoms. The lowest BCUT2D eigenvalue weighted by atomic mass is 9.80. The molecule has 2 heterocycles. The largest absolute Gasteiger partial charge is 0.332 e. The fraction of sp³-hybridized carbons (Fsp3) is 0.833. The van der Waals surface area contributed by atoms with Crippen molar-refractivity contribution in [3.63, 3.8) is 0 Å². The number of halogens is 2. The van der Waals surface area contributed by atoms with E-state index in [1.165, 1.54) is 5.57 Å². The SMILES string of the molecule is CCC1=N[C@@H](C)C(C(C)(C)C)=C2C[C@H](NS(=O)(=O)C3CC(F)(F)C3)CN12. The number of fused-ring (bicyclic) bond motifs is 1. The highest BCUT2D eigenvalue weighted by Crippen LogP contribution is 2.43. The van der Waals surface area contributed by atoms with Crippen LogP contribution in [0.25, 0.3) is 0 Å². The third-order valence-corrected chi connectivity index (χ3v) is 7.37. The van der Waals surface area contributed by atoms with Crippen molar-refractivity contribution in [1.29, 1.82) is 0 Å². The van der Waals surface area contributed by atoms with Gasteiger partial charge in [0.1, 0.15) is 5.84 Å². The van der Waals surface area contributed by atoms with Gasteiger partial charge >= 0.3 is 0 Å². The van der Waals surface area contributed by atoms with Crippen LogP contribution in [0.4, 0.5) is 8.78 Å². The second-order valence-electron chi connectivity index (χ2n) is 8.75. The predicted molar refractivity (Wildman–Crippen MR) is 98.8 cm³/mol. The number of alkyl halides is 2. The van der Waals surface area contributed by atoms with Crippen LogP contribution in [0, 0.1) is 5.41 Å². The summed E-state index contributed by atoms with van der Waals surface area (Å²) in [5.41, 5.74) is 2.30. The molecular formula is C18H29F2N3O2S. The molecule has 3 rings (SSSR count). The van der Waals surface area contributed by atoms with Crippen LogP contribution in [-0.4, -0.2) is 49.0 Å². The van der Waals surface area contributed by atoms with Gasteiger partial charge in [0.2, 0.25) is 10.0 Å². The molecule has 1 aliphatic carbocycles. The van der Waals surface area contributed by atoms with E-state index in [-0.39, 0.29) is 17.5 Å². The lowest BCUT2D eigenvalue weighted by Crippen LogP contribution is -2.51. The van der Waals surface area contributed by atoms with E-state index in [4.69, 9.17) is 4.99 Å². The van der Waals surface area contributed by atoms with Gasteiger partial charge in [0, 0.05) is 44.0 Å². The number of amidine groups is 1. The van der Waals surface area contributed by atoms with E-state index in [1.54, 1.807) is 0 Å². The van der Waals surface area contributed by atoms with Crippen LogP contribution in [0.5, 0.6) is 0 Å². The van der Waals surface area contributed by atoms with Crippen molar-refractivity contribution in [2.24, 2.45) is 10.4 Å². The van der Waals surface area contributed by atoms with Gasteiger partial charge in [0.15, 0.2) is 0 Å². The second kappa shape index (κ2) is 6.26. The number of hydrogen-bond donors (Lipinski definition) is 1. The molecule has 0 aromatic heterocycles. The van der Waals surface area contributed by atoms with E-state index in [1.807, 2.05) is 6.92 Å². The first-order valence-electron chi connectivity index (χ1n) is 9.31. The second-order valence-corrected chi connectivity index (χ2v) is 10.7. The summed E-state index contributed by atoms with van der Waals surface area (Å²) in [6.07, 6.45) is 0.207. The highest BCUT2D eigenvalue weighted by Gasteiger charge is 2.52. The lowest BCUT2D eigenvalue weighted by Gasteiger charge is -2.37. The molecule has 0 amide bonds. The molecule has 0 aromatic rings. The molecule has 0 unspecified atom stereocenters. The van der Waals surface area contributed by atoms with E-state index >= 15 is 0 Å². The Morgan fingerprint density at radius 2 is 1.92 bits per heavy atom. The summed E-state index contributed by atoms with van der Waals surface area (Å²) in [6, 6.07) is -0.236. The molecule has 3 aliphatic rings. The first-order chi connectivity index (χ1) is 11.8. The van der Waals surface area contributed by atoms with Gasteiger partial charge in [-0.2, -0.15) is 0 Å². The van der Waals surface area contributed by atoms with Crippen molar-refractivity contribution in [3.8, 4) is 0 Å². The average Bonchev–Trinajstić information content (AvgIpc) is 2.84. The molecule has 0 spiro atoms. The van der Waals surface area contributed by atoms with Gasteiger partial charge < -0.3 is 4.90 Å². The summed E-state index contributed by atoms with van der Waals surface area (Å²) in [5.74, 6) is -1.87. The maximum atomic E-state index is 13.1. The average molecular weight is 390 g/mol. The van der Waals surface area contributed by atoms with Crippen molar-refractivity contribution < 1.29 is 17.2 Å². The van der Waals surface area contributed by atoms with E-state index in [2.05, 4.69) is 37.3 Å². The normalized spacial score (nSPS) is 29.5. The van der Waals surface area contributed by atoms with Gasteiger partial charge in [-0.05, 0) is 17.9 Å². The van der Waals surface area contributed by atoms with Crippen molar-refractivity contribution >= 4 is 15.9 Å². The Morgan fingerprint density at radius 1 is 1.31 bits per heavy atom. The topological polar surface area (TPSA) is 61.8 Å². The Bertz CT molecular complexity index is 745. The van der Waals surface area contributed by atoms with Gasteiger partial charge in [0.25, 0.3) is 5.92 Å².